The minimum Gasteiger partial charge on any atom is -0.508 e. The zero-order valence-electron chi connectivity index (χ0n) is 29.1. The molecule has 0 bridgehead atoms. The summed E-state index contributed by atoms with van der Waals surface area (Å²) in [6.07, 6.45) is -4.86. The van der Waals surface area contributed by atoms with Crippen LogP contribution in [0.5, 0.6) is 11.5 Å². The van der Waals surface area contributed by atoms with Gasteiger partial charge in [-0.1, -0.05) is 42.5 Å². The number of nitrogens with one attached hydrogen (secondary N) is 2. The van der Waals surface area contributed by atoms with Crippen molar-refractivity contribution >= 4 is 39.2 Å². The molecule has 5 aromatic rings. The summed E-state index contributed by atoms with van der Waals surface area (Å²) in [5.74, 6) is 0.755. The third-order valence-corrected chi connectivity index (χ3v) is 11.0. The number of hydrogen-bond acceptors (Lipinski definition) is 11. The monoisotopic (exact) mass is 778 g/mol. The van der Waals surface area contributed by atoms with Gasteiger partial charge >= 0.3 is 6.18 Å². The van der Waals surface area contributed by atoms with Crippen molar-refractivity contribution in [3.63, 3.8) is 0 Å². The van der Waals surface area contributed by atoms with Crippen LogP contribution in [0.3, 0.4) is 0 Å². The van der Waals surface area contributed by atoms with Crippen LogP contribution in [-0.4, -0.2) is 80.1 Å². The number of benzene rings is 4. The van der Waals surface area contributed by atoms with Gasteiger partial charge < -0.3 is 20.1 Å². The van der Waals surface area contributed by atoms with Crippen LogP contribution >= 0.6 is 11.8 Å². The molecule has 0 atom stereocenters. The number of nitrogens with zero attached hydrogens (tertiary/aromatic N) is 4. The summed E-state index contributed by atoms with van der Waals surface area (Å²) in [6.45, 7) is 3.45. The van der Waals surface area contributed by atoms with Gasteiger partial charge in [0.2, 0.25) is 0 Å². The highest BCUT2D eigenvalue weighted by atomic mass is 32.2. The minimum absolute atomic E-state index is 0.186. The van der Waals surface area contributed by atoms with E-state index in [0.29, 0.717) is 50.4 Å². The summed E-state index contributed by atoms with van der Waals surface area (Å²) < 4.78 is 75.5. The molecule has 1 fully saturated rings. The molecule has 54 heavy (non-hydrogen) atoms. The predicted molar refractivity (Wildman–Crippen MR) is 201 cm³/mol. The van der Waals surface area contributed by atoms with E-state index >= 15 is 0 Å². The number of anilines is 2. The average molecular weight is 779 g/mol. The van der Waals surface area contributed by atoms with Crippen LogP contribution in [-0.2, 0) is 22.7 Å². The fourth-order valence-corrected chi connectivity index (χ4v) is 7.69. The number of sulfonamides is 1. The zero-order chi connectivity index (χ0) is 38.3. The van der Waals surface area contributed by atoms with Gasteiger partial charge in [-0.3, -0.25) is 9.69 Å². The molecule has 0 radical (unpaired) electrons. The first-order valence-electron chi connectivity index (χ1n) is 16.9. The lowest BCUT2D eigenvalue weighted by atomic mass is 10.0. The summed E-state index contributed by atoms with van der Waals surface area (Å²) in [6, 6.07) is 27.8. The van der Waals surface area contributed by atoms with Crippen LogP contribution in [0, 0.1) is 0 Å². The van der Waals surface area contributed by atoms with Crippen molar-refractivity contribution in [2.45, 2.75) is 22.5 Å². The number of amides is 1. The molecular weight excluding hydrogens is 742 g/mol. The molecular formula is C38H37F3N6O5S2. The first kappa shape index (κ1) is 38.4. The van der Waals surface area contributed by atoms with Crippen LogP contribution in [0.4, 0.5) is 24.7 Å². The highest BCUT2D eigenvalue weighted by molar-refractivity contribution is 7.99. The van der Waals surface area contributed by atoms with E-state index in [9.17, 15) is 31.5 Å². The van der Waals surface area contributed by atoms with Crippen molar-refractivity contribution < 1.29 is 36.2 Å². The number of thioether (sulfide) groups is 1. The van der Waals surface area contributed by atoms with E-state index in [1.165, 1.54) is 17.8 Å². The van der Waals surface area contributed by atoms with E-state index in [1.54, 1.807) is 31.4 Å². The molecule has 0 aliphatic carbocycles. The molecule has 282 valence electrons. The topological polar surface area (TPSA) is 137 Å². The van der Waals surface area contributed by atoms with Gasteiger partial charge in [0.1, 0.15) is 11.5 Å². The van der Waals surface area contributed by atoms with Crippen LogP contribution in [0.15, 0.2) is 113 Å². The lowest BCUT2D eigenvalue weighted by Gasteiger charge is -2.35. The lowest BCUT2D eigenvalue weighted by molar-refractivity contribution is -0.137. The van der Waals surface area contributed by atoms with Crippen molar-refractivity contribution in [2.24, 2.45) is 0 Å². The number of halogens is 3. The Hall–Kier alpha value is -5.32. The van der Waals surface area contributed by atoms with E-state index < -0.39 is 32.6 Å². The van der Waals surface area contributed by atoms with Gasteiger partial charge in [0.25, 0.3) is 15.9 Å². The van der Waals surface area contributed by atoms with Gasteiger partial charge in [-0.25, -0.2) is 13.1 Å². The highest BCUT2D eigenvalue weighted by Gasteiger charge is 2.35. The van der Waals surface area contributed by atoms with E-state index in [2.05, 4.69) is 20.4 Å². The van der Waals surface area contributed by atoms with Crippen LogP contribution in [0.2, 0.25) is 0 Å². The van der Waals surface area contributed by atoms with E-state index in [0.717, 1.165) is 39.5 Å². The quantitative estimate of drug-likeness (QED) is 0.0891. The summed E-state index contributed by atoms with van der Waals surface area (Å²) in [5.41, 5.74) is 1.05. The van der Waals surface area contributed by atoms with Gasteiger partial charge in [-0.2, -0.15) is 13.2 Å². The highest BCUT2D eigenvalue weighted by Crippen LogP contribution is 2.37. The Bertz CT molecular complexity index is 2180. The van der Waals surface area contributed by atoms with Crippen molar-refractivity contribution in [3.05, 3.63) is 120 Å². The lowest BCUT2D eigenvalue weighted by Crippen LogP contribution is -2.46. The first-order chi connectivity index (χ1) is 25.9. The minimum atomic E-state index is -4.86. The number of phenols is 1. The Kier molecular flexibility index (Phi) is 11.9. The molecule has 1 amide bonds. The third kappa shape index (κ3) is 9.61. The molecule has 2 heterocycles. The van der Waals surface area contributed by atoms with Gasteiger partial charge in [0.05, 0.1) is 17.6 Å². The molecule has 16 heteroatoms. The number of carbonyl (C=O) groups is 1. The SMILES string of the molecule is COc1cc(-c2cccc(O)c2)ccc1CN1CCN(c2ccc(C(=O)NS(=O)(=O)c3ccc(NCCSc4ccccc4)c(C(F)(F)F)c3)nn2)CC1. The number of aromatic nitrogens is 2. The molecule has 1 aromatic heterocycles. The Labute approximate surface area is 315 Å². The maximum absolute atomic E-state index is 14.0. The fourth-order valence-electron chi connectivity index (χ4n) is 5.91. The second-order valence-electron chi connectivity index (χ2n) is 12.3. The van der Waals surface area contributed by atoms with Crippen molar-refractivity contribution in [3.8, 4) is 22.6 Å². The molecule has 6 rings (SSSR count). The van der Waals surface area contributed by atoms with E-state index in [4.69, 9.17) is 4.74 Å². The maximum atomic E-state index is 14.0. The van der Waals surface area contributed by atoms with Crippen molar-refractivity contribution in [1.82, 2.24) is 19.8 Å². The predicted octanol–water partition coefficient (Wildman–Crippen LogP) is 6.52. The molecule has 1 aliphatic rings. The number of piperazine rings is 1. The van der Waals surface area contributed by atoms with Crippen LogP contribution < -0.4 is 19.7 Å². The number of ether oxygens (including phenoxy) is 1. The Morgan fingerprint density at radius 1 is 0.889 bits per heavy atom. The van der Waals surface area contributed by atoms with Crippen LogP contribution in [0.1, 0.15) is 21.6 Å². The summed E-state index contributed by atoms with van der Waals surface area (Å²) in [7, 11) is -3.07. The van der Waals surface area contributed by atoms with E-state index in [-0.39, 0.29) is 23.7 Å². The van der Waals surface area contributed by atoms with E-state index in [1.807, 2.05) is 64.2 Å². The van der Waals surface area contributed by atoms with Gasteiger partial charge in [-0.15, -0.1) is 22.0 Å². The standard InChI is InChI=1S/C38H37F3N6O5S2/c1-52-35-23-27(26-6-5-7-29(48)22-26)10-11-28(35)25-46-17-19-47(20-18-46)36-15-14-34(43-44-36)37(49)45-54(50,51)31-12-13-33(32(24-31)38(39,40)41)42-16-21-53-30-8-3-2-4-9-30/h2-15,22-24,42,48H,16-21,25H2,1H3,(H,45,49). The zero-order valence-corrected chi connectivity index (χ0v) is 30.7. The Balaban J connectivity index is 1.03. The third-order valence-electron chi connectivity index (χ3n) is 8.70. The van der Waals surface area contributed by atoms with Crippen molar-refractivity contribution in [2.75, 3.05) is 55.8 Å². The molecule has 0 unspecified atom stereocenters. The van der Waals surface area contributed by atoms with Gasteiger partial charge in [0.15, 0.2) is 11.5 Å². The molecule has 0 spiro atoms. The van der Waals surface area contributed by atoms with Crippen LogP contribution in [0.25, 0.3) is 11.1 Å². The number of rotatable bonds is 13. The summed E-state index contributed by atoms with van der Waals surface area (Å²) in [4.78, 5) is 17.4. The summed E-state index contributed by atoms with van der Waals surface area (Å²) in [5, 5.41) is 20.6. The number of aromatic hydroxyl groups is 1. The van der Waals surface area contributed by atoms with Crippen molar-refractivity contribution in [1.29, 1.82) is 0 Å². The molecule has 11 nitrogen and oxygen atoms in total. The number of phenolic OH excluding ortho intramolecular Hbond substituents is 1. The largest absolute Gasteiger partial charge is 0.508 e. The molecule has 0 saturated carbocycles. The number of carbonyl (C=O) groups excluding carboxylic acids is 1. The molecule has 4 aromatic carbocycles. The smallest absolute Gasteiger partial charge is 0.418 e. The number of hydrogen-bond donors (Lipinski definition) is 3. The second kappa shape index (κ2) is 16.8. The Morgan fingerprint density at radius 3 is 2.33 bits per heavy atom. The molecule has 1 aliphatic heterocycles. The molecule has 1 saturated heterocycles. The van der Waals surface area contributed by atoms with Gasteiger partial charge in [-0.05, 0) is 71.8 Å². The summed E-state index contributed by atoms with van der Waals surface area (Å²) >= 11 is 1.46. The molecule has 3 N–H and O–H groups in total. The normalized spacial score (nSPS) is 13.7. The first-order valence-corrected chi connectivity index (χ1v) is 19.3. The Morgan fingerprint density at radius 2 is 1.65 bits per heavy atom. The fraction of sp³-hybridized carbons (Fsp3) is 0.237. The maximum Gasteiger partial charge on any atom is 0.418 e. The number of alkyl halides is 3. The average Bonchev–Trinajstić information content (AvgIpc) is 3.17. The second-order valence-corrected chi connectivity index (χ2v) is 15.2. The van der Waals surface area contributed by atoms with Gasteiger partial charge in [0, 0.05) is 61.2 Å². The number of methoxy groups -OCH3 is 1.